The Morgan fingerprint density at radius 2 is 1.82 bits per heavy atom. The van der Waals surface area contributed by atoms with Gasteiger partial charge in [0.2, 0.25) is 0 Å². The summed E-state index contributed by atoms with van der Waals surface area (Å²) in [7, 11) is 0. The number of ether oxygens (including phenoxy) is 1. The van der Waals surface area contributed by atoms with Crippen molar-refractivity contribution < 1.29 is 4.74 Å². The fraction of sp³-hybridized carbons (Fsp3) is 0.643. The maximum absolute atomic E-state index is 5.75. The van der Waals surface area contributed by atoms with Gasteiger partial charge in [0.15, 0.2) is 0 Å². The molecule has 1 aromatic heterocycles. The third-order valence-corrected chi connectivity index (χ3v) is 3.39. The quantitative estimate of drug-likeness (QED) is 0.873. The van der Waals surface area contributed by atoms with Gasteiger partial charge in [-0.15, -0.1) is 0 Å². The van der Waals surface area contributed by atoms with Gasteiger partial charge in [0.25, 0.3) is 0 Å². The molecule has 0 spiro atoms. The fourth-order valence-electron chi connectivity index (χ4n) is 2.64. The minimum Gasteiger partial charge on any atom is -0.375 e. The van der Waals surface area contributed by atoms with Crippen molar-refractivity contribution in [3.63, 3.8) is 0 Å². The monoisotopic (exact) mass is 234 g/mol. The van der Waals surface area contributed by atoms with E-state index in [0.717, 1.165) is 12.8 Å². The summed E-state index contributed by atoms with van der Waals surface area (Å²) in [5.74, 6) is 0. The Labute approximate surface area is 104 Å². The van der Waals surface area contributed by atoms with Crippen molar-refractivity contribution in [3.05, 3.63) is 30.1 Å². The van der Waals surface area contributed by atoms with E-state index < -0.39 is 0 Å². The Hall–Kier alpha value is -0.930. The maximum Gasteiger partial charge on any atom is 0.0565 e. The molecule has 3 heteroatoms. The summed E-state index contributed by atoms with van der Waals surface area (Å²) in [6.07, 6.45) is 6.62. The van der Waals surface area contributed by atoms with Gasteiger partial charge >= 0.3 is 0 Å². The van der Waals surface area contributed by atoms with Crippen molar-refractivity contribution in [2.75, 3.05) is 0 Å². The van der Waals surface area contributed by atoms with Crippen molar-refractivity contribution in [2.45, 2.75) is 57.9 Å². The largest absolute Gasteiger partial charge is 0.375 e. The molecule has 1 saturated heterocycles. The second-order valence-electron chi connectivity index (χ2n) is 5.09. The van der Waals surface area contributed by atoms with E-state index in [9.17, 15) is 0 Å². The van der Waals surface area contributed by atoms with Crippen LogP contribution in [0.5, 0.6) is 0 Å². The molecule has 0 amide bonds. The summed E-state index contributed by atoms with van der Waals surface area (Å²) in [6, 6.07) is 5.07. The van der Waals surface area contributed by atoms with E-state index in [1.165, 1.54) is 5.56 Å². The minimum atomic E-state index is 0.362. The first-order chi connectivity index (χ1) is 8.15. The SMILES string of the molecule is CC1CC(NC(C)c2ccncc2)CC(C)O1. The highest BCUT2D eigenvalue weighted by Crippen LogP contribution is 2.22. The van der Waals surface area contributed by atoms with E-state index in [2.05, 4.69) is 43.2 Å². The number of hydrogen-bond donors (Lipinski definition) is 1. The van der Waals surface area contributed by atoms with Gasteiger partial charge in [-0.2, -0.15) is 0 Å². The van der Waals surface area contributed by atoms with Crippen LogP contribution in [0, 0.1) is 0 Å². The molecule has 2 heterocycles. The van der Waals surface area contributed by atoms with E-state index in [-0.39, 0.29) is 0 Å². The van der Waals surface area contributed by atoms with Crippen molar-refractivity contribution >= 4 is 0 Å². The number of hydrogen-bond acceptors (Lipinski definition) is 3. The summed E-state index contributed by atoms with van der Waals surface area (Å²) >= 11 is 0. The van der Waals surface area contributed by atoms with E-state index in [1.54, 1.807) is 0 Å². The Bertz CT molecular complexity index is 331. The zero-order valence-corrected chi connectivity index (χ0v) is 10.9. The zero-order valence-electron chi connectivity index (χ0n) is 10.9. The average molecular weight is 234 g/mol. The molecule has 0 saturated carbocycles. The summed E-state index contributed by atoms with van der Waals surface area (Å²) in [4.78, 5) is 4.05. The molecule has 3 nitrogen and oxygen atoms in total. The molecule has 3 unspecified atom stereocenters. The summed E-state index contributed by atoms with van der Waals surface area (Å²) in [6.45, 7) is 6.52. The molecule has 1 aromatic rings. The van der Waals surface area contributed by atoms with Gasteiger partial charge in [-0.25, -0.2) is 0 Å². The smallest absolute Gasteiger partial charge is 0.0565 e. The molecule has 1 aliphatic rings. The van der Waals surface area contributed by atoms with Crippen LogP contribution in [0.15, 0.2) is 24.5 Å². The minimum absolute atomic E-state index is 0.362. The van der Waals surface area contributed by atoms with E-state index >= 15 is 0 Å². The van der Waals surface area contributed by atoms with Crippen molar-refractivity contribution in [2.24, 2.45) is 0 Å². The first-order valence-electron chi connectivity index (χ1n) is 6.46. The second-order valence-corrected chi connectivity index (χ2v) is 5.09. The molecule has 3 atom stereocenters. The van der Waals surface area contributed by atoms with Crippen LogP contribution in [-0.2, 0) is 4.74 Å². The molecule has 0 radical (unpaired) electrons. The fourth-order valence-corrected chi connectivity index (χ4v) is 2.64. The van der Waals surface area contributed by atoms with Crippen LogP contribution >= 0.6 is 0 Å². The molecule has 0 aliphatic carbocycles. The number of aromatic nitrogens is 1. The van der Waals surface area contributed by atoms with Crippen LogP contribution in [0.3, 0.4) is 0 Å². The summed E-state index contributed by atoms with van der Waals surface area (Å²) in [5.41, 5.74) is 1.30. The van der Waals surface area contributed by atoms with Crippen LogP contribution in [-0.4, -0.2) is 23.2 Å². The van der Waals surface area contributed by atoms with Crippen LogP contribution in [0.2, 0.25) is 0 Å². The predicted octanol–water partition coefficient (Wildman–Crippen LogP) is 2.69. The topological polar surface area (TPSA) is 34.2 Å². The first kappa shape index (κ1) is 12.5. The van der Waals surface area contributed by atoms with Crippen LogP contribution in [0.1, 0.15) is 45.2 Å². The Kier molecular flexibility index (Phi) is 4.13. The van der Waals surface area contributed by atoms with Crippen LogP contribution < -0.4 is 5.32 Å². The van der Waals surface area contributed by atoms with Crippen molar-refractivity contribution in [3.8, 4) is 0 Å². The lowest BCUT2D eigenvalue weighted by Crippen LogP contribution is -2.42. The molecular weight excluding hydrogens is 212 g/mol. The van der Waals surface area contributed by atoms with Gasteiger partial charge in [-0.1, -0.05) is 0 Å². The van der Waals surface area contributed by atoms with Gasteiger partial charge < -0.3 is 10.1 Å². The average Bonchev–Trinajstić information content (AvgIpc) is 2.28. The second kappa shape index (κ2) is 5.61. The molecule has 94 valence electrons. The molecule has 1 N–H and O–H groups in total. The summed E-state index contributed by atoms with van der Waals surface area (Å²) in [5, 5.41) is 3.69. The van der Waals surface area contributed by atoms with Crippen molar-refractivity contribution in [1.29, 1.82) is 0 Å². The van der Waals surface area contributed by atoms with Gasteiger partial charge in [0, 0.05) is 24.5 Å². The lowest BCUT2D eigenvalue weighted by atomic mass is 9.98. The van der Waals surface area contributed by atoms with Gasteiger partial charge in [0.1, 0.15) is 0 Å². The molecule has 1 aliphatic heterocycles. The Morgan fingerprint density at radius 3 is 2.41 bits per heavy atom. The van der Waals surface area contributed by atoms with Crippen LogP contribution in [0.4, 0.5) is 0 Å². The van der Waals surface area contributed by atoms with E-state index in [4.69, 9.17) is 4.74 Å². The Morgan fingerprint density at radius 1 is 1.24 bits per heavy atom. The maximum atomic E-state index is 5.75. The van der Waals surface area contributed by atoms with Gasteiger partial charge in [-0.05, 0) is 51.3 Å². The zero-order chi connectivity index (χ0) is 12.3. The highest BCUT2D eigenvalue weighted by Gasteiger charge is 2.25. The Balaban J connectivity index is 1.92. The van der Waals surface area contributed by atoms with E-state index in [1.807, 2.05) is 12.4 Å². The molecule has 0 bridgehead atoms. The lowest BCUT2D eigenvalue weighted by molar-refractivity contribution is -0.0433. The predicted molar refractivity (Wildman–Crippen MR) is 68.8 cm³/mol. The van der Waals surface area contributed by atoms with Gasteiger partial charge in [0.05, 0.1) is 12.2 Å². The summed E-state index contributed by atoms with van der Waals surface area (Å²) < 4.78 is 5.75. The van der Waals surface area contributed by atoms with Crippen molar-refractivity contribution in [1.82, 2.24) is 10.3 Å². The first-order valence-corrected chi connectivity index (χ1v) is 6.46. The number of pyridine rings is 1. The van der Waals surface area contributed by atoms with Gasteiger partial charge in [-0.3, -0.25) is 4.98 Å². The lowest BCUT2D eigenvalue weighted by Gasteiger charge is -2.34. The highest BCUT2D eigenvalue weighted by atomic mass is 16.5. The van der Waals surface area contributed by atoms with Crippen LogP contribution in [0.25, 0.3) is 0 Å². The number of nitrogens with one attached hydrogen (secondary N) is 1. The molecule has 0 aromatic carbocycles. The third kappa shape index (κ3) is 3.51. The molecule has 2 rings (SSSR count). The third-order valence-electron chi connectivity index (χ3n) is 3.39. The van der Waals surface area contributed by atoms with E-state index in [0.29, 0.717) is 24.3 Å². The molecule has 1 fully saturated rings. The normalized spacial score (nSPS) is 31.1. The standard InChI is InChI=1S/C14H22N2O/c1-10-8-14(9-11(2)17-10)16-12(3)13-4-6-15-7-5-13/h4-7,10-12,14,16H,8-9H2,1-3H3. The molecular formula is C14H22N2O. The number of nitrogens with zero attached hydrogens (tertiary/aromatic N) is 1. The highest BCUT2D eigenvalue weighted by molar-refractivity contribution is 5.14. The molecule has 17 heavy (non-hydrogen) atoms. The number of rotatable bonds is 3.